The molecule has 1 saturated heterocycles. The molecule has 2 aromatic rings. The van der Waals surface area contributed by atoms with Gasteiger partial charge in [-0.05, 0) is 36.4 Å². The van der Waals surface area contributed by atoms with Gasteiger partial charge in [-0.15, -0.1) is 0 Å². The second-order valence-corrected chi connectivity index (χ2v) is 6.37. The van der Waals surface area contributed by atoms with Crippen molar-refractivity contribution in [2.24, 2.45) is 0 Å². The molecule has 0 saturated carbocycles. The monoisotopic (exact) mass is 364 g/mol. The molecule has 0 aliphatic carbocycles. The highest BCUT2D eigenvalue weighted by Crippen LogP contribution is 2.29. The zero-order valence-electron chi connectivity index (χ0n) is 14.2. The molecule has 7 heteroatoms. The molecular weight excluding hydrogens is 343 g/mol. The summed E-state index contributed by atoms with van der Waals surface area (Å²) < 4.78 is 37.7. The SMILES string of the molecule is O=C(C[NH+]1CCN(c2ccccc2)CC1)Nc1ccc(C(F)(F)F)cc1. The minimum Gasteiger partial charge on any atom is -0.360 e. The predicted molar refractivity (Wildman–Crippen MR) is 94.3 cm³/mol. The molecule has 26 heavy (non-hydrogen) atoms. The third-order valence-corrected chi connectivity index (χ3v) is 4.50. The molecule has 1 aliphatic rings. The Morgan fingerprint density at radius 3 is 2.19 bits per heavy atom. The Hall–Kier alpha value is -2.54. The number of piperazine rings is 1. The average molecular weight is 364 g/mol. The lowest BCUT2D eigenvalue weighted by Crippen LogP contribution is -3.15. The first-order valence-corrected chi connectivity index (χ1v) is 8.52. The number of benzene rings is 2. The predicted octanol–water partition coefficient (Wildman–Crippen LogP) is 2.05. The number of carbonyl (C=O) groups is 1. The largest absolute Gasteiger partial charge is 0.416 e. The minimum atomic E-state index is -4.37. The number of rotatable bonds is 4. The van der Waals surface area contributed by atoms with Gasteiger partial charge in [-0.25, -0.2) is 0 Å². The van der Waals surface area contributed by atoms with E-state index in [4.69, 9.17) is 0 Å². The zero-order chi connectivity index (χ0) is 18.6. The summed E-state index contributed by atoms with van der Waals surface area (Å²) in [4.78, 5) is 15.6. The molecular formula is C19H21F3N3O+. The van der Waals surface area contributed by atoms with Gasteiger partial charge in [0, 0.05) is 11.4 Å². The Kier molecular flexibility index (Phi) is 5.46. The summed E-state index contributed by atoms with van der Waals surface area (Å²) in [6, 6.07) is 14.6. The first-order chi connectivity index (χ1) is 12.4. The summed E-state index contributed by atoms with van der Waals surface area (Å²) in [7, 11) is 0. The van der Waals surface area contributed by atoms with Crippen LogP contribution in [0.3, 0.4) is 0 Å². The van der Waals surface area contributed by atoms with Crippen LogP contribution in [-0.4, -0.2) is 38.6 Å². The first-order valence-electron chi connectivity index (χ1n) is 8.52. The Morgan fingerprint density at radius 2 is 1.62 bits per heavy atom. The van der Waals surface area contributed by atoms with E-state index in [1.54, 1.807) is 0 Å². The van der Waals surface area contributed by atoms with Crippen LogP contribution in [0.25, 0.3) is 0 Å². The molecule has 1 amide bonds. The molecule has 0 radical (unpaired) electrons. The molecule has 1 heterocycles. The lowest BCUT2D eigenvalue weighted by Gasteiger charge is -2.33. The molecule has 0 atom stereocenters. The number of carbonyl (C=O) groups excluding carboxylic acids is 1. The normalized spacial score (nSPS) is 15.7. The highest BCUT2D eigenvalue weighted by atomic mass is 19.4. The van der Waals surface area contributed by atoms with Gasteiger partial charge in [0.25, 0.3) is 5.91 Å². The van der Waals surface area contributed by atoms with Crippen molar-refractivity contribution in [1.82, 2.24) is 0 Å². The van der Waals surface area contributed by atoms with E-state index in [-0.39, 0.29) is 5.91 Å². The van der Waals surface area contributed by atoms with E-state index in [1.807, 2.05) is 18.2 Å². The number of alkyl halides is 3. The molecule has 1 aliphatic heterocycles. The topological polar surface area (TPSA) is 36.8 Å². The van der Waals surface area contributed by atoms with E-state index in [1.165, 1.54) is 22.7 Å². The fourth-order valence-corrected chi connectivity index (χ4v) is 3.07. The fourth-order valence-electron chi connectivity index (χ4n) is 3.07. The van der Waals surface area contributed by atoms with Crippen LogP contribution in [0, 0.1) is 0 Å². The van der Waals surface area contributed by atoms with Crippen LogP contribution >= 0.6 is 0 Å². The Labute approximate surface area is 150 Å². The van der Waals surface area contributed by atoms with E-state index >= 15 is 0 Å². The lowest BCUT2D eigenvalue weighted by atomic mass is 10.2. The Balaban J connectivity index is 1.47. The number of amides is 1. The summed E-state index contributed by atoms with van der Waals surface area (Å²) in [5, 5.41) is 2.67. The van der Waals surface area contributed by atoms with Crippen LogP contribution in [-0.2, 0) is 11.0 Å². The number of hydrogen-bond donors (Lipinski definition) is 2. The summed E-state index contributed by atoms with van der Waals surface area (Å²) in [5.41, 5.74) is 0.837. The average Bonchev–Trinajstić information content (AvgIpc) is 2.63. The smallest absolute Gasteiger partial charge is 0.360 e. The lowest BCUT2D eigenvalue weighted by molar-refractivity contribution is -0.892. The van der Waals surface area contributed by atoms with Crippen LogP contribution in [0.5, 0.6) is 0 Å². The van der Waals surface area contributed by atoms with Crippen LogP contribution < -0.4 is 15.1 Å². The Morgan fingerprint density at radius 1 is 1.00 bits per heavy atom. The van der Waals surface area contributed by atoms with Crippen LogP contribution in [0.1, 0.15) is 5.56 Å². The summed E-state index contributed by atoms with van der Waals surface area (Å²) in [5.74, 6) is -0.187. The highest BCUT2D eigenvalue weighted by Gasteiger charge is 2.30. The molecule has 0 aromatic heterocycles. The molecule has 0 spiro atoms. The highest BCUT2D eigenvalue weighted by molar-refractivity contribution is 5.91. The minimum absolute atomic E-state index is 0.187. The van der Waals surface area contributed by atoms with Gasteiger partial charge in [-0.2, -0.15) is 13.2 Å². The molecule has 3 rings (SSSR count). The molecule has 1 fully saturated rings. The van der Waals surface area contributed by atoms with Crippen LogP contribution in [0.15, 0.2) is 54.6 Å². The Bertz CT molecular complexity index is 724. The van der Waals surface area contributed by atoms with Crippen molar-refractivity contribution in [3.63, 3.8) is 0 Å². The maximum Gasteiger partial charge on any atom is 0.416 e. The quantitative estimate of drug-likeness (QED) is 0.871. The second-order valence-electron chi connectivity index (χ2n) is 6.37. The second kappa shape index (κ2) is 7.78. The number of para-hydroxylation sites is 1. The first kappa shape index (κ1) is 18.3. The molecule has 2 N–H and O–H groups in total. The summed E-state index contributed by atoms with van der Waals surface area (Å²) in [6.45, 7) is 3.73. The molecule has 0 bridgehead atoms. The van der Waals surface area contributed by atoms with E-state index in [0.29, 0.717) is 12.2 Å². The summed E-state index contributed by atoms with van der Waals surface area (Å²) >= 11 is 0. The van der Waals surface area contributed by atoms with Crippen molar-refractivity contribution in [3.8, 4) is 0 Å². The number of hydrogen-bond acceptors (Lipinski definition) is 2. The van der Waals surface area contributed by atoms with E-state index in [0.717, 1.165) is 38.3 Å². The van der Waals surface area contributed by atoms with Gasteiger partial charge in [-0.1, -0.05) is 18.2 Å². The maximum atomic E-state index is 12.6. The van der Waals surface area contributed by atoms with Crippen molar-refractivity contribution in [1.29, 1.82) is 0 Å². The van der Waals surface area contributed by atoms with Gasteiger partial charge in [0.2, 0.25) is 0 Å². The number of nitrogens with one attached hydrogen (secondary N) is 2. The molecule has 4 nitrogen and oxygen atoms in total. The van der Waals surface area contributed by atoms with E-state index in [2.05, 4.69) is 22.3 Å². The molecule has 2 aromatic carbocycles. The third kappa shape index (κ3) is 4.76. The number of halogens is 3. The zero-order valence-corrected chi connectivity index (χ0v) is 14.2. The van der Waals surface area contributed by atoms with Gasteiger partial charge >= 0.3 is 6.18 Å². The third-order valence-electron chi connectivity index (χ3n) is 4.50. The van der Waals surface area contributed by atoms with Crippen molar-refractivity contribution in [2.75, 3.05) is 42.9 Å². The van der Waals surface area contributed by atoms with Gasteiger partial charge in [-0.3, -0.25) is 4.79 Å². The standard InChI is InChI=1S/C19H20F3N3O/c20-19(21,22)15-6-8-16(9-7-15)23-18(26)14-24-10-12-25(13-11-24)17-4-2-1-3-5-17/h1-9H,10-14H2,(H,23,26)/p+1. The number of nitrogens with zero attached hydrogens (tertiary/aromatic N) is 1. The fraction of sp³-hybridized carbons (Fsp3) is 0.316. The van der Waals surface area contributed by atoms with Crippen molar-refractivity contribution >= 4 is 17.3 Å². The van der Waals surface area contributed by atoms with Gasteiger partial charge in [0.15, 0.2) is 6.54 Å². The number of quaternary nitrogens is 1. The van der Waals surface area contributed by atoms with Gasteiger partial charge in [0.1, 0.15) is 0 Å². The van der Waals surface area contributed by atoms with Crippen LogP contribution in [0.4, 0.5) is 24.5 Å². The van der Waals surface area contributed by atoms with Gasteiger partial charge < -0.3 is 15.1 Å². The van der Waals surface area contributed by atoms with E-state index in [9.17, 15) is 18.0 Å². The summed E-state index contributed by atoms with van der Waals surface area (Å²) in [6.07, 6.45) is -4.37. The molecule has 0 unspecified atom stereocenters. The van der Waals surface area contributed by atoms with E-state index < -0.39 is 11.7 Å². The van der Waals surface area contributed by atoms with Crippen molar-refractivity contribution in [3.05, 3.63) is 60.2 Å². The van der Waals surface area contributed by atoms with Crippen molar-refractivity contribution < 1.29 is 22.9 Å². The van der Waals surface area contributed by atoms with Crippen molar-refractivity contribution in [2.45, 2.75) is 6.18 Å². The number of anilines is 2. The van der Waals surface area contributed by atoms with Gasteiger partial charge in [0.05, 0.1) is 31.7 Å². The molecule has 138 valence electrons. The maximum absolute atomic E-state index is 12.6. The van der Waals surface area contributed by atoms with Crippen LogP contribution in [0.2, 0.25) is 0 Å².